The molecule has 5 heteroatoms. The molecule has 1 heterocycles. The number of aromatic amines is 1. The van der Waals surface area contributed by atoms with Gasteiger partial charge in [0.1, 0.15) is 12.4 Å². The summed E-state index contributed by atoms with van der Waals surface area (Å²) >= 11 is 0. The zero-order valence-electron chi connectivity index (χ0n) is 10.3. The minimum atomic E-state index is 0.444. The van der Waals surface area contributed by atoms with E-state index in [0.29, 0.717) is 19.8 Å². The molecule has 0 atom stereocenters. The predicted octanol–water partition coefficient (Wildman–Crippen LogP) is 1.56. The molecule has 96 valence electrons. The first-order chi connectivity index (χ1) is 8.85. The van der Waals surface area contributed by atoms with Gasteiger partial charge in [-0.3, -0.25) is 5.10 Å². The Labute approximate surface area is 106 Å². The van der Waals surface area contributed by atoms with Crippen LogP contribution in [0.25, 0.3) is 11.3 Å². The number of ether oxygens (including phenoxy) is 2. The largest absolute Gasteiger partial charge is 0.490 e. The number of H-pyrrole nitrogens is 1. The van der Waals surface area contributed by atoms with Gasteiger partial charge in [-0.2, -0.15) is 5.10 Å². The molecule has 0 aliphatic heterocycles. The third-order valence-electron chi connectivity index (χ3n) is 2.56. The minimum absolute atomic E-state index is 0.444. The van der Waals surface area contributed by atoms with Crippen molar-refractivity contribution in [1.29, 1.82) is 0 Å². The van der Waals surface area contributed by atoms with Gasteiger partial charge < -0.3 is 15.2 Å². The van der Waals surface area contributed by atoms with Gasteiger partial charge in [0.15, 0.2) is 0 Å². The van der Waals surface area contributed by atoms with Crippen LogP contribution >= 0.6 is 0 Å². The fraction of sp³-hybridized carbons (Fsp3) is 0.308. The lowest BCUT2D eigenvalue weighted by Crippen LogP contribution is -2.05. The number of methoxy groups -OCH3 is 1. The van der Waals surface area contributed by atoms with Gasteiger partial charge in [-0.1, -0.05) is 12.1 Å². The van der Waals surface area contributed by atoms with E-state index in [2.05, 4.69) is 10.2 Å². The highest BCUT2D eigenvalue weighted by molar-refractivity contribution is 5.67. The standard InChI is InChI=1S/C13H17N3O2/c1-17-6-7-18-13-5-3-2-4-11(13)12-8-10(9-14)15-16-12/h2-5,8H,6-7,9,14H2,1H3,(H,15,16). The van der Waals surface area contributed by atoms with Gasteiger partial charge in [0.25, 0.3) is 0 Å². The lowest BCUT2D eigenvalue weighted by Gasteiger charge is -2.09. The van der Waals surface area contributed by atoms with Crippen LogP contribution in [-0.4, -0.2) is 30.5 Å². The molecule has 1 aromatic heterocycles. The number of hydrogen-bond acceptors (Lipinski definition) is 4. The van der Waals surface area contributed by atoms with Crippen LogP contribution in [0.5, 0.6) is 5.75 Å². The van der Waals surface area contributed by atoms with Crippen molar-refractivity contribution >= 4 is 0 Å². The van der Waals surface area contributed by atoms with E-state index < -0.39 is 0 Å². The van der Waals surface area contributed by atoms with E-state index in [9.17, 15) is 0 Å². The molecule has 2 rings (SSSR count). The molecule has 0 aliphatic carbocycles. The highest BCUT2D eigenvalue weighted by Gasteiger charge is 2.09. The van der Waals surface area contributed by atoms with Crippen LogP contribution in [0.2, 0.25) is 0 Å². The van der Waals surface area contributed by atoms with Crippen LogP contribution < -0.4 is 10.5 Å². The Balaban J connectivity index is 2.20. The third kappa shape index (κ3) is 2.88. The summed E-state index contributed by atoms with van der Waals surface area (Å²) in [6.07, 6.45) is 0. The fourth-order valence-corrected chi connectivity index (χ4v) is 1.64. The van der Waals surface area contributed by atoms with Crippen LogP contribution in [0.4, 0.5) is 0 Å². The van der Waals surface area contributed by atoms with Crippen LogP contribution in [-0.2, 0) is 11.3 Å². The molecule has 0 saturated carbocycles. The van der Waals surface area contributed by atoms with Crippen LogP contribution in [0.1, 0.15) is 5.69 Å². The van der Waals surface area contributed by atoms with Crippen LogP contribution in [0.3, 0.4) is 0 Å². The van der Waals surface area contributed by atoms with E-state index in [1.54, 1.807) is 7.11 Å². The highest BCUT2D eigenvalue weighted by Crippen LogP contribution is 2.28. The number of nitrogens with two attached hydrogens (primary N) is 1. The second-order valence-electron chi connectivity index (χ2n) is 3.82. The van der Waals surface area contributed by atoms with E-state index in [1.165, 1.54) is 0 Å². The molecule has 0 unspecified atom stereocenters. The molecular weight excluding hydrogens is 230 g/mol. The summed E-state index contributed by atoms with van der Waals surface area (Å²) < 4.78 is 10.6. The first kappa shape index (κ1) is 12.6. The number of rotatable bonds is 6. The minimum Gasteiger partial charge on any atom is -0.490 e. The molecule has 2 aromatic rings. The van der Waals surface area contributed by atoms with Crippen LogP contribution in [0.15, 0.2) is 30.3 Å². The number of para-hydroxylation sites is 1. The first-order valence-electron chi connectivity index (χ1n) is 5.80. The smallest absolute Gasteiger partial charge is 0.128 e. The Hall–Kier alpha value is -1.85. The van der Waals surface area contributed by atoms with Gasteiger partial charge in [0.05, 0.1) is 12.3 Å². The lowest BCUT2D eigenvalue weighted by atomic mass is 10.1. The summed E-state index contributed by atoms with van der Waals surface area (Å²) in [6.45, 7) is 1.52. The van der Waals surface area contributed by atoms with Crippen molar-refractivity contribution in [2.45, 2.75) is 6.54 Å². The predicted molar refractivity (Wildman–Crippen MR) is 69.3 cm³/mol. The molecule has 0 amide bonds. The normalized spacial score (nSPS) is 10.6. The van der Waals surface area contributed by atoms with Crippen molar-refractivity contribution in [1.82, 2.24) is 10.2 Å². The third-order valence-corrected chi connectivity index (χ3v) is 2.56. The number of benzene rings is 1. The SMILES string of the molecule is COCCOc1ccccc1-c1cc(CN)[nH]n1. The first-order valence-corrected chi connectivity index (χ1v) is 5.80. The average molecular weight is 247 g/mol. The quantitative estimate of drug-likeness (QED) is 0.760. The second-order valence-corrected chi connectivity index (χ2v) is 3.82. The number of aromatic nitrogens is 2. The Morgan fingerprint density at radius 3 is 2.83 bits per heavy atom. The van der Waals surface area contributed by atoms with Crippen LogP contribution in [0, 0.1) is 0 Å². The summed E-state index contributed by atoms with van der Waals surface area (Å²) in [6, 6.07) is 9.70. The molecule has 0 radical (unpaired) electrons. The Bertz CT molecular complexity index is 496. The molecule has 18 heavy (non-hydrogen) atoms. The number of nitrogens with zero attached hydrogens (tertiary/aromatic N) is 1. The molecule has 5 nitrogen and oxygen atoms in total. The maximum atomic E-state index is 5.66. The fourth-order valence-electron chi connectivity index (χ4n) is 1.64. The van der Waals surface area contributed by atoms with Crippen molar-refractivity contribution in [3.63, 3.8) is 0 Å². The van der Waals surface area contributed by atoms with Gasteiger partial charge in [-0.05, 0) is 18.2 Å². The van der Waals surface area contributed by atoms with Gasteiger partial charge in [0, 0.05) is 24.9 Å². The number of hydrogen-bond donors (Lipinski definition) is 2. The molecule has 0 bridgehead atoms. The van der Waals surface area contributed by atoms with E-state index >= 15 is 0 Å². The van der Waals surface area contributed by atoms with E-state index in [0.717, 1.165) is 22.7 Å². The van der Waals surface area contributed by atoms with Crippen molar-refractivity contribution in [3.05, 3.63) is 36.0 Å². The highest BCUT2D eigenvalue weighted by atomic mass is 16.5. The summed E-state index contributed by atoms with van der Waals surface area (Å²) in [5, 5.41) is 7.12. The molecule has 0 aliphatic rings. The molecule has 0 fully saturated rings. The zero-order valence-corrected chi connectivity index (χ0v) is 10.3. The summed E-state index contributed by atoms with van der Waals surface area (Å²) in [5.41, 5.74) is 8.24. The second kappa shape index (κ2) is 6.18. The van der Waals surface area contributed by atoms with Crippen molar-refractivity contribution < 1.29 is 9.47 Å². The van der Waals surface area contributed by atoms with Crippen molar-refractivity contribution in [2.24, 2.45) is 5.73 Å². The Morgan fingerprint density at radius 1 is 1.28 bits per heavy atom. The van der Waals surface area contributed by atoms with Gasteiger partial charge in [0.2, 0.25) is 0 Å². The Morgan fingerprint density at radius 2 is 2.11 bits per heavy atom. The number of nitrogens with one attached hydrogen (secondary N) is 1. The Kier molecular flexibility index (Phi) is 4.33. The van der Waals surface area contributed by atoms with Crippen molar-refractivity contribution in [3.8, 4) is 17.0 Å². The summed E-state index contributed by atoms with van der Waals surface area (Å²) in [5.74, 6) is 0.796. The molecule has 1 aromatic carbocycles. The van der Waals surface area contributed by atoms with Gasteiger partial charge in [-0.15, -0.1) is 0 Å². The maximum Gasteiger partial charge on any atom is 0.128 e. The van der Waals surface area contributed by atoms with Gasteiger partial charge in [-0.25, -0.2) is 0 Å². The van der Waals surface area contributed by atoms with Crippen molar-refractivity contribution in [2.75, 3.05) is 20.3 Å². The maximum absolute atomic E-state index is 5.66. The molecule has 3 N–H and O–H groups in total. The average Bonchev–Trinajstić information content (AvgIpc) is 2.88. The topological polar surface area (TPSA) is 73.2 Å². The van der Waals surface area contributed by atoms with Gasteiger partial charge >= 0.3 is 0 Å². The van der Waals surface area contributed by atoms with E-state index in [1.807, 2.05) is 30.3 Å². The van der Waals surface area contributed by atoms with E-state index in [4.69, 9.17) is 15.2 Å². The lowest BCUT2D eigenvalue weighted by molar-refractivity contribution is 0.146. The van der Waals surface area contributed by atoms with E-state index in [-0.39, 0.29) is 0 Å². The molecular formula is C13H17N3O2. The monoisotopic (exact) mass is 247 g/mol. The zero-order chi connectivity index (χ0) is 12.8. The molecule has 0 spiro atoms. The molecule has 0 saturated heterocycles. The summed E-state index contributed by atoms with van der Waals surface area (Å²) in [7, 11) is 1.65. The summed E-state index contributed by atoms with van der Waals surface area (Å²) in [4.78, 5) is 0.